The molecule has 0 unspecified atom stereocenters. The molecule has 8 nitrogen and oxygen atoms in total. The minimum absolute atomic E-state index is 0.171. The number of carbonyl (C=O) groups excluding carboxylic acids is 1. The zero-order chi connectivity index (χ0) is 17.3. The zero-order valence-electron chi connectivity index (χ0n) is 12.7. The van der Waals surface area contributed by atoms with Crippen molar-refractivity contribution in [3.63, 3.8) is 0 Å². The molecule has 1 atom stereocenters. The lowest BCUT2D eigenvalue weighted by atomic mass is 10.1. The van der Waals surface area contributed by atoms with E-state index in [0.29, 0.717) is 18.6 Å². The van der Waals surface area contributed by atoms with Gasteiger partial charge in [-0.25, -0.2) is 17.9 Å². The molecule has 0 saturated heterocycles. The second-order valence-corrected chi connectivity index (χ2v) is 6.66. The molecule has 0 aliphatic carbocycles. The average molecular weight is 344 g/mol. The highest BCUT2D eigenvalue weighted by Gasteiger charge is 2.22. The average Bonchev–Trinajstić information content (AvgIpc) is 2.51. The number of nitrogens with one attached hydrogen (secondary N) is 2. The first-order chi connectivity index (χ1) is 10.9. The summed E-state index contributed by atoms with van der Waals surface area (Å²) in [6, 6.07) is 6.91. The number of rotatable bonds is 10. The van der Waals surface area contributed by atoms with Gasteiger partial charge in [0.15, 0.2) is 6.04 Å². The standard InChI is InChI=1S/C14H20N2O6S/c1-22-8-5-9-23(20,21)15-10-12(17)16-13(14(18)19)11-6-3-2-4-7-11/h2-4,6-7,13,15H,5,8-10H2,1H3,(H,16,17)(H,18,19)/t13-/m1/s1. The van der Waals surface area contributed by atoms with Crippen molar-refractivity contribution in [3.05, 3.63) is 35.9 Å². The van der Waals surface area contributed by atoms with Gasteiger partial charge >= 0.3 is 5.97 Å². The molecule has 128 valence electrons. The van der Waals surface area contributed by atoms with Crippen LogP contribution in [0.25, 0.3) is 0 Å². The van der Waals surface area contributed by atoms with Crippen molar-refractivity contribution in [1.82, 2.24) is 10.0 Å². The molecule has 0 aliphatic heterocycles. The van der Waals surface area contributed by atoms with Crippen LogP contribution in [0.2, 0.25) is 0 Å². The van der Waals surface area contributed by atoms with Gasteiger partial charge < -0.3 is 15.2 Å². The van der Waals surface area contributed by atoms with E-state index in [1.807, 2.05) is 0 Å². The van der Waals surface area contributed by atoms with E-state index in [2.05, 4.69) is 10.0 Å². The topological polar surface area (TPSA) is 122 Å². The molecule has 0 saturated carbocycles. The van der Waals surface area contributed by atoms with Crippen LogP contribution in [0.1, 0.15) is 18.0 Å². The molecule has 1 aromatic carbocycles. The minimum Gasteiger partial charge on any atom is -0.479 e. The minimum atomic E-state index is -3.61. The van der Waals surface area contributed by atoms with Gasteiger partial charge in [-0.15, -0.1) is 0 Å². The first-order valence-electron chi connectivity index (χ1n) is 6.89. The number of aliphatic carboxylic acids is 1. The maximum Gasteiger partial charge on any atom is 0.330 e. The van der Waals surface area contributed by atoms with Crippen LogP contribution in [0, 0.1) is 0 Å². The van der Waals surface area contributed by atoms with Crippen molar-refractivity contribution in [1.29, 1.82) is 0 Å². The lowest BCUT2D eigenvalue weighted by Crippen LogP contribution is -2.41. The number of sulfonamides is 1. The Balaban J connectivity index is 2.56. The van der Waals surface area contributed by atoms with Gasteiger partial charge in [0, 0.05) is 13.7 Å². The van der Waals surface area contributed by atoms with Gasteiger partial charge in [0.05, 0.1) is 12.3 Å². The van der Waals surface area contributed by atoms with Gasteiger partial charge in [-0.2, -0.15) is 0 Å². The Morgan fingerprint density at radius 3 is 2.48 bits per heavy atom. The van der Waals surface area contributed by atoms with E-state index in [-0.39, 0.29) is 5.75 Å². The second-order valence-electron chi connectivity index (χ2n) is 4.74. The maximum atomic E-state index is 11.8. The van der Waals surface area contributed by atoms with Crippen LogP contribution in [0.3, 0.4) is 0 Å². The van der Waals surface area contributed by atoms with Crippen molar-refractivity contribution in [2.24, 2.45) is 0 Å². The third-order valence-electron chi connectivity index (χ3n) is 2.90. The summed E-state index contributed by atoms with van der Waals surface area (Å²) in [4.78, 5) is 23.0. The van der Waals surface area contributed by atoms with Crippen molar-refractivity contribution in [3.8, 4) is 0 Å². The summed E-state index contributed by atoms with van der Waals surface area (Å²) in [6.07, 6.45) is 0.301. The number of carboxylic acids is 1. The summed E-state index contributed by atoms with van der Waals surface area (Å²) in [7, 11) is -2.15. The van der Waals surface area contributed by atoms with Gasteiger partial charge in [-0.1, -0.05) is 30.3 Å². The van der Waals surface area contributed by atoms with E-state index in [1.54, 1.807) is 30.3 Å². The molecule has 3 N–H and O–H groups in total. The zero-order valence-corrected chi connectivity index (χ0v) is 13.5. The van der Waals surface area contributed by atoms with Crippen LogP contribution in [0.4, 0.5) is 0 Å². The van der Waals surface area contributed by atoms with Crippen LogP contribution < -0.4 is 10.0 Å². The summed E-state index contributed by atoms with van der Waals surface area (Å²) in [6.45, 7) is -0.228. The van der Waals surface area contributed by atoms with E-state index in [9.17, 15) is 23.1 Å². The van der Waals surface area contributed by atoms with E-state index in [0.717, 1.165) is 0 Å². The molecule has 1 amide bonds. The Morgan fingerprint density at radius 1 is 1.26 bits per heavy atom. The summed E-state index contributed by atoms with van der Waals surface area (Å²) in [5, 5.41) is 11.5. The summed E-state index contributed by atoms with van der Waals surface area (Å²) < 4.78 is 30.2. The van der Waals surface area contributed by atoms with E-state index in [1.165, 1.54) is 7.11 Å². The van der Waals surface area contributed by atoms with Gasteiger partial charge in [-0.05, 0) is 12.0 Å². The SMILES string of the molecule is COCCCS(=O)(=O)NCC(=O)N[C@@H](C(=O)O)c1ccccc1. The smallest absolute Gasteiger partial charge is 0.330 e. The number of amides is 1. The van der Waals surface area contributed by atoms with Crippen LogP contribution in [-0.2, 0) is 24.3 Å². The third kappa shape index (κ3) is 7.22. The molecule has 0 fully saturated rings. The predicted octanol–water partition coefficient (Wildman–Crippen LogP) is -0.116. The number of carbonyl (C=O) groups is 2. The molecule has 0 aromatic heterocycles. The lowest BCUT2D eigenvalue weighted by Gasteiger charge is -2.15. The summed E-state index contributed by atoms with van der Waals surface area (Å²) in [5.74, 6) is -2.13. The molecule has 1 rings (SSSR count). The van der Waals surface area contributed by atoms with Crippen LogP contribution in [0.5, 0.6) is 0 Å². The predicted molar refractivity (Wildman–Crippen MR) is 83.2 cm³/mol. The first-order valence-corrected chi connectivity index (χ1v) is 8.54. The fraction of sp³-hybridized carbons (Fsp3) is 0.429. The number of hydrogen-bond donors (Lipinski definition) is 3. The Morgan fingerprint density at radius 2 is 1.91 bits per heavy atom. The molecule has 0 heterocycles. The summed E-state index contributed by atoms with van der Waals surface area (Å²) >= 11 is 0. The van der Waals surface area contributed by atoms with Crippen molar-refractivity contribution >= 4 is 21.9 Å². The highest BCUT2D eigenvalue weighted by atomic mass is 32.2. The number of carboxylic acid groups (broad SMARTS) is 1. The lowest BCUT2D eigenvalue weighted by molar-refractivity contribution is -0.141. The second kappa shape index (κ2) is 9.23. The maximum absolute atomic E-state index is 11.8. The number of ether oxygens (including phenoxy) is 1. The van der Waals surface area contributed by atoms with Crippen LogP contribution >= 0.6 is 0 Å². The fourth-order valence-electron chi connectivity index (χ4n) is 1.79. The highest BCUT2D eigenvalue weighted by molar-refractivity contribution is 7.89. The molecule has 0 bridgehead atoms. The molecule has 23 heavy (non-hydrogen) atoms. The molecular weight excluding hydrogens is 324 g/mol. The number of methoxy groups -OCH3 is 1. The van der Waals surface area contributed by atoms with Gasteiger partial charge in [-0.3, -0.25) is 4.79 Å². The Hall–Kier alpha value is -1.97. The Kier molecular flexibility index (Phi) is 7.66. The van der Waals surface area contributed by atoms with Gasteiger partial charge in [0.2, 0.25) is 15.9 Å². The quantitative estimate of drug-likeness (QED) is 0.509. The van der Waals surface area contributed by atoms with E-state index in [4.69, 9.17) is 4.74 Å². The molecule has 0 aliphatic rings. The van der Waals surface area contributed by atoms with Crippen molar-refractivity contribution in [2.45, 2.75) is 12.5 Å². The number of benzene rings is 1. The fourth-order valence-corrected chi connectivity index (χ4v) is 2.78. The van der Waals surface area contributed by atoms with Gasteiger partial charge in [0.1, 0.15) is 0 Å². The number of hydrogen-bond acceptors (Lipinski definition) is 5. The Labute approximate surface area is 134 Å². The molecule has 0 radical (unpaired) electrons. The Bertz CT molecular complexity index is 617. The summed E-state index contributed by atoms with van der Waals surface area (Å²) in [5.41, 5.74) is 0.399. The van der Waals surface area contributed by atoms with Gasteiger partial charge in [0.25, 0.3) is 0 Å². The van der Waals surface area contributed by atoms with Crippen LogP contribution in [0.15, 0.2) is 30.3 Å². The van der Waals surface area contributed by atoms with E-state index >= 15 is 0 Å². The van der Waals surface area contributed by atoms with E-state index < -0.39 is 34.5 Å². The third-order valence-corrected chi connectivity index (χ3v) is 4.31. The molecule has 9 heteroatoms. The molecule has 1 aromatic rings. The molecular formula is C14H20N2O6S. The molecule has 0 spiro atoms. The first kappa shape index (κ1) is 19.1. The van der Waals surface area contributed by atoms with Crippen molar-refractivity contribution in [2.75, 3.05) is 26.0 Å². The monoisotopic (exact) mass is 344 g/mol. The van der Waals surface area contributed by atoms with Crippen LogP contribution in [-0.4, -0.2) is 51.4 Å². The largest absolute Gasteiger partial charge is 0.479 e. The van der Waals surface area contributed by atoms with Crippen molar-refractivity contribution < 1.29 is 27.9 Å². The normalized spacial score (nSPS) is 12.6. The highest BCUT2D eigenvalue weighted by Crippen LogP contribution is 2.12.